The summed E-state index contributed by atoms with van der Waals surface area (Å²) in [4.78, 5) is 25.5. The van der Waals surface area contributed by atoms with Gasteiger partial charge in [-0.15, -0.1) is 0 Å². The summed E-state index contributed by atoms with van der Waals surface area (Å²) in [5.41, 5.74) is -0.891. The molecule has 0 N–H and O–H groups in total. The summed E-state index contributed by atoms with van der Waals surface area (Å²) >= 11 is 0. The summed E-state index contributed by atoms with van der Waals surface area (Å²) in [6.07, 6.45) is 19.6. The van der Waals surface area contributed by atoms with Crippen LogP contribution in [-0.4, -0.2) is 18.4 Å². The number of rotatable bonds is 9. The molecule has 3 aliphatic carbocycles. The van der Waals surface area contributed by atoms with Crippen LogP contribution in [0, 0.1) is 35.0 Å². The second-order valence-electron chi connectivity index (χ2n) is 11.3. The molecular formula is C28H48O3. The molecule has 3 nitrogen and oxygen atoms in total. The van der Waals surface area contributed by atoms with Crippen LogP contribution in [0.5, 0.6) is 0 Å². The van der Waals surface area contributed by atoms with Gasteiger partial charge in [0.1, 0.15) is 11.2 Å². The lowest BCUT2D eigenvalue weighted by Gasteiger charge is -2.42. The van der Waals surface area contributed by atoms with Crippen LogP contribution < -0.4 is 0 Å². The van der Waals surface area contributed by atoms with Crippen LogP contribution >= 0.6 is 0 Å². The minimum atomic E-state index is -0.891. The lowest BCUT2D eigenvalue weighted by atomic mass is 9.62. The molecule has 31 heavy (non-hydrogen) atoms. The lowest BCUT2D eigenvalue weighted by Crippen LogP contribution is -2.44. The predicted octanol–water partition coefficient (Wildman–Crippen LogP) is 7.51. The molecule has 0 saturated heterocycles. The maximum atomic E-state index is 13.0. The molecule has 0 aliphatic heterocycles. The Hall–Kier alpha value is -0.860. The third-order valence-corrected chi connectivity index (χ3v) is 9.27. The van der Waals surface area contributed by atoms with E-state index >= 15 is 0 Å². The van der Waals surface area contributed by atoms with Gasteiger partial charge in [-0.05, 0) is 94.3 Å². The van der Waals surface area contributed by atoms with E-state index in [2.05, 4.69) is 13.8 Å². The number of ether oxygens (including phenoxy) is 1. The van der Waals surface area contributed by atoms with E-state index in [0.29, 0.717) is 31.3 Å². The van der Waals surface area contributed by atoms with Gasteiger partial charge in [0.05, 0.1) is 6.61 Å². The molecule has 3 saturated carbocycles. The van der Waals surface area contributed by atoms with Crippen molar-refractivity contribution in [3.05, 3.63) is 0 Å². The molecule has 2 atom stereocenters. The van der Waals surface area contributed by atoms with Crippen LogP contribution in [0.1, 0.15) is 124 Å². The molecule has 0 bridgehead atoms. The zero-order valence-electron chi connectivity index (χ0n) is 20.6. The number of ketones is 1. The van der Waals surface area contributed by atoms with E-state index in [1.807, 2.05) is 6.92 Å². The van der Waals surface area contributed by atoms with Crippen molar-refractivity contribution in [1.29, 1.82) is 0 Å². The minimum Gasteiger partial charge on any atom is -0.465 e. The summed E-state index contributed by atoms with van der Waals surface area (Å²) in [6, 6.07) is 0. The van der Waals surface area contributed by atoms with Crippen LogP contribution in [0.25, 0.3) is 0 Å². The zero-order valence-corrected chi connectivity index (χ0v) is 20.6. The smallest absolute Gasteiger partial charge is 0.319 e. The van der Waals surface area contributed by atoms with Crippen molar-refractivity contribution in [3.8, 4) is 0 Å². The minimum absolute atomic E-state index is 0.137. The Balaban J connectivity index is 1.41. The molecule has 0 amide bonds. The standard InChI is InChI=1S/C28H48O3/c1-4-6-8-21-9-11-22(12-10-21)23-13-15-24(16-14-23)25-17-18-28(3,26(29)20-25)27(30)31-19-7-5-2/h21-25H,4-20H2,1-3H3/t21?,22?,23?,24?,25?,28-/m0/s1. The highest BCUT2D eigenvalue weighted by Gasteiger charge is 2.47. The Morgan fingerprint density at radius 2 is 1.39 bits per heavy atom. The third kappa shape index (κ3) is 6.35. The Labute approximate surface area is 191 Å². The summed E-state index contributed by atoms with van der Waals surface area (Å²) < 4.78 is 5.43. The zero-order chi connectivity index (χ0) is 22.3. The maximum absolute atomic E-state index is 13.0. The number of carbonyl (C=O) groups is 2. The molecule has 0 aromatic rings. The molecule has 0 aromatic carbocycles. The monoisotopic (exact) mass is 432 g/mol. The van der Waals surface area contributed by atoms with E-state index in [1.165, 1.54) is 70.6 Å². The van der Waals surface area contributed by atoms with Crippen molar-refractivity contribution in [1.82, 2.24) is 0 Å². The van der Waals surface area contributed by atoms with Crippen molar-refractivity contribution < 1.29 is 14.3 Å². The molecule has 0 heterocycles. The summed E-state index contributed by atoms with van der Waals surface area (Å²) in [5, 5.41) is 0. The first-order valence-electron chi connectivity index (χ1n) is 13.7. The summed E-state index contributed by atoms with van der Waals surface area (Å²) in [5.74, 6) is 3.95. The topological polar surface area (TPSA) is 43.4 Å². The van der Waals surface area contributed by atoms with E-state index < -0.39 is 5.41 Å². The van der Waals surface area contributed by atoms with Gasteiger partial charge in [-0.3, -0.25) is 9.59 Å². The number of hydrogen-bond acceptors (Lipinski definition) is 3. The quantitative estimate of drug-likeness (QED) is 0.215. The molecule has 0 spiro atoms. The Morgan fingerprint density at radius 3 is 1.94 bits per heavy atom. The number of esters is 1. The van der Waals surface area contributed by atoms with Gasteiger partial charge in [0.2, 0.25) is 0 Å². The van der Waals surface area contributed by atoms with E-state index in [4.69, 9.17) is 4.74 Å². The maximum Gasteiger partial charge on any atom is 0.319 e. The normalized spacial score (nSPS) is 36.9. The van der Waals surface area contributed by atoms with Crippen LogP contribution in [0.4, 0.5) is 0 Å². The first kappa shape index (κ1) is 24.8. The first-order valence-corrected chi connectivity index (χ1v) is 13.7. The predicted molar refractivity (Wildman–Crippen MR) is 127 cm³/mol. The molecule has 0 aromatic heterocycles. The van der Waals surface area contributed by atoms with E-state index in [-0.39, 0.29) is 11.8 Å². The van der Waals surface area contributed by atoms with Gasteiger partial charge in [0, 0.05) is 6.42 Å². The van der Waals surface area contributed by atoms with Crippen molar-refractivity contribution in [2.24, 2.45) is 35.0 Å². The second kappa shape index (κ2) is 11.8. The van der Waals surface area contributed by atoms with Crippen LogP contribution in [-0.2, 0) is 14.3 Å². The molecular weight excluding hydrogens is 384 g/mol. The highest BCUT2D eigenvalue weighted by molar-refractivity contribution is 6.04. The fraction of sp³-hybridized carbons (Fsp3) is 0.929. The van der Waals surface area contributed by atoms with Crippen LogP contribution in [0.3, 0.4) is 0 Å². The second-order valence-corrected chi connectivity index (χ2v) is 11.3. The Kier molecular flexibility index (Phi) is 9.47. The average Bonchev–Trinajstić information content (AvgIpc) is 2.80. The highest BCUT2D eigenvalue weighted by Crippen LogP contribution is 2.47. The Bertz CT molecular complexity index is 569. The molecule has 1 unspecified atom stereocenters. The lowest BCUT2D eigenvalue weighted by molar-refractivity contribution is -0.162. The van der Waals surface area contributed by atoms with Gasteiger partial charge in [-0.1, -0.05) is 52.4 Å². The van der Waals surface area contributed by atoms with E-state index in [1.54, 1.807) is 0 Å². The fourth-order valence-corrected chi connectivity index (χ4v) is 6.79. The van der Waals surface area contributed by atoms with E-state index in [9.17, 15) is 9.59 Å². The van der Waals surface area contributed by atoms with Gasteiger partial charge in [0.15, 0.2) is 0 Å². The van der Waals surface area contributed by atoms with Crippen LogP contribution in [0.2, 0.25) is 0 Å². The average molecular weight is 433 g/mol. The number of Topliss-reactive ketones (excluding diaryl/α,β-unsaturated/α-hetero) is 1. The van der Waals surface area contributed by atoms with Gasteiger partial charge < -0.3 is 4.74 Å². The summed E-state index contributed by atoms with van der Waals surface area (Å²) in [6.45, 7) is 6.67. The first-order chi connectivity index (χ1) is 15.0. The molecule has 178 valence electrons. The van der Waals surface area contributed by atoms with E-state index in [0.717, 1.165) is 37.0 Å². The van der Waals surface area contributed by atoms with Crippen molar-refractivity contribution in [2.75, 3.05) is 6.61 Å². The Morgan fingerprint density at radius 1 is 0.839 bits per heavy atom. The van der Waals surface area contributed by atoms with Gasteiger partial charge in [-0.25, -0.2) is 0 Å². The third-order valence-electron chi connectivity index (χ3n) is 9.27. The largest absolute Gasteiger partial charge is 0.465 e. The molecule has 3 fully saturated rings. The SMILES string of the molecule is CCCCOC(=O)[C@@]1(C)CCC(C2CCC(C3CCC(CCCC)CC3)CC2)CC1=O. The van der Waals surface area contributed by atoms with Crippen molar-refractivity contribution in [3.63, 3.8) is 0 Å². The molecule has 0 radical (unpaired) electrons. The number of unbranched alkanes of at least 4 members (excludes halogenated alkanes) is 2. The van der Waals surface area contributed by atoms with Gasteiger partial charge in [-0.2, -0.15) is 0 Å². The number of hydrogen-bond donors (Lipinski definition) is 0. The van der Waals surface area contributed by atoms with Crippen molar-refractivity contribution >= 4 is 11.8 Å². The highest BCUT2D eigenvalue weighted by atomic mass is 16.5. The molecule has 3 heteroatoms. The van der Waals surface area contributed by atoms with Gasteiger partial charge in [0.25, 0.3) is 0 Å². The number of carbonyl (C=O) groups excluding carboxylic acids is 2. The van der Waals surface area contributed by atoms with Crippen LogP contribution in [0.15, 0.2) is 0 Å². The fourth-order valence-electron chi connectivity index (χ4n) is 6.79. The summed E-state index contributed by atoms with van der Waals surface area (Å²) in [7, 11) is 0. The van der Waals surface area contributed by atoms with Gasteiger partial charge >= 0.3 is 5.97 Å². The molecule has 3 aliphatic rings. The molecule has 3 rings (SSSR count). The van der Waals surface area contributed by atoms with Crippen molar-refractivity contribution in [2.45, 2.75) is 124 Å².